The highest BCUT2D eigenvalue weighted by Gasteiger charge is 2.38. The van der Waals surface area contributed by atoms with Gasteiger partial charge < -0.3 is 21.1 Å². The first-order chi connectivity index (χ1) is 15.3. The average Bonchev–Trinajstić information content (AvgIpc) is 3.41. The van der Waals surface area contributed by atoms with E-state index in [0.717, 1.165) is 5.56 Å². The van der Waals surface area contributed by atoms with E-state index in [2.05, 4.69) is 36.6 Å². The highest BCUT2D eigenvalue weighted by atomic mass is 16.4. The number of fused-ring (bicyclic) bond motifs is 1. The molecule has 0 bridgehead atoms. The summed E-state index contributed by atoms with van der Waals surface area (Å²) in [4.78, 5) is 50.6. The maximum Gasteiger partial charge on any atom is 0.405 e. The Hall–Kier alpha value is -4.03. The minimum atomic E-state index is -1.34. The van der Waals surface area contributed by atoms with Gasteiger partial charge in [-0.2, -0.15) is 5.21 Å². The molecule has 2 heterocycles. The number of aromatic amines is 1. The average molecular weight is 444 g/mol. The molecule has 32 heavy (non-hydrogen) atoms. The van der Waals surface area contributed by atoms with Crippen molar-refractivity contribution < 1.29 is 24.3 Å². The van der Waals surface area contributed by atoms with Gasteiger partial charge in [0, 0.05) is 12.1 Å². The Balaban J connectivity index is 1.70. The first-order valence-electron chi connectivity index (χ1n) is 9.95. The molecular formula is C19H24N8O5. The molecule has 0 saturated heterocycles. The molecule has 1 aliphatic rings. The molecule has 0 saturated carbocycles. The van der Waals surface area contributed by atoms with E-state index in [4.69, 9.17) is 5.11 Å². The normalized spacial score (nSPS) is 15.7. The first kappa shape index (κ1) is 22.7. The van der Waals surface area contributed by atoms with Crippen LogP contribution in [0.5, 0.6) is 0 Å². The van der Waals surface area contributed by atoms with Crippen LogP contribution in [0.1, 0.15) is 25.2 Å². The number of tetrazole rings is 1. The molecule has 0 spiro atoms. The maximum atomic E-state index is 13.0. The minimum Gasteiger partial charge on any atom is -0.465 e. The van der Waals surface area contributed by atoms with Crippen molar-refractivity contribution in [3.63, 3.8) is 0 Å². The number of para-hydroxylation sites is 1. The fraction of sp³-hybridized carbons (Fsp3) is 0.421. The largest absolute Gasteiger partial charge is 0.465 e. The highest BCUT2D eigenvalue weighted by molar-refractivity contribution is 6.05. The van der Waals surface area contributed by atoms with E-state index >= 15 is 0 Å². The molecule has 1 aromatic heterocycles. The monoisotopic (exact) mass is 444 g/mol. The van der Waals surface area contributed by atoms with Gasteiger partial charge in [0.1, 0.15) is 12.1 Å². The van der Waals surface area contributed by atoms with Crippen LogP contribution in [0.25, 0.3) is 0 Å². The second kappa shape index (κ2) is 9.85. The molecule has 0 aliphatic carbocycles. The van der Waals surface area contributed by atoms with Crippen LogP contribution < -0.4 is 20.9 Å². The Kier molecular flexibility index (Phi) is 6.97. The van der Waals surface area contributed by atoms with Gasteiger partial charge in [-0.3, -0.25) is 19.3 Å². The van der Waals surface area contributed by atoms with Crippen molar-refractivity contribution in [1.82, 2.24) is 36.6 Å². The van der Waals surface area contributed by atoms with Crippen molar-refractivity contribution in [3.05, 3.63) is 35.7 Å². The Labute approximate surface area is 182 Å². The third kappa shape index (κ3) is 5.17. The van der Waals surface area contributed by atoms with Gasteiger partial charge in [-0.25, -0.2) is 4.79 Å². The maximum absolute atomic E-state index is 13.0. The third-order valence-electron chi connectivity index (χ3n) is 5.00. The summed E-state index contributed by atoms with van der Waals surface area (Å²) in [6, 6.07) is 5.29. The number of carbonyl (C=O) groups excluding carboxylic acids is 3. The number of nitrogens with one attached hydrogen (secondary N) is 4. The van der Waals surface area contributed by atoms with Gasteiger partial charge in [0.05, 0.1) is 13.1 Å². The first-order valence-corrected chi connectivity index (χ1v) is 9.95. The van der Waals surface area contributed by atoms with Crippen molar-refractivity contribution >= 4 is 29.5 Å². The number of rotatable bonds is 8. The van der Waals surface area contributed by atoms with Gasteiger partial charge in [0.15, 0.2) is 5.82 Å². The number of aromatic nitrogens is 4. The Morgan fingerprint density at radius 1 is 1.22 bits per heavy atom. The molecule has 1 aliphatic heterocycles. The summed E-state index contributed by atoms with van der Waals surface area (Å²) in [7, 11) is 0. The van der Waals surface area contributed by atoms with Gasteiger partial charge in [0.2, 0.25) is 17.7 Å². The lowest BCUT2D eigenvalue weighted by Gasteiger charge is -2.26. The number of hydrogen-bond acceptors (Lipinski definition) is 7. The zero-order valence-electron chi connectivity index (χ0n) is 17.5. The van der Waals surface area contributed by atoms with Crippen LogP contribution >= 0.6 is 0 Å². The van der Waals surface area contributed by atoms with Crippen molar-refractivity contribution in [1.29, 1.82) is 0 Å². The number of anilines is 1. The van der Waals surface area contributed by atoms with E-state index in [1.165, 1.54) is 4.90 Å². The van der Waals surface area contributed by atoms with Crippen molar-refractivity contribution in [2.45, 2.75) is 38.9 Å². The van der Waals surface area contributed by atoms with Crippen LogP contribution in [0.4, 0.5) is 10.5 Å². The van der Waals surface area contributed by atoms with Crippen LogP contribution in [0.3, 0.4) is 0 Å². The quantitative estimate of drug-likeness (QED) is 0.350. The number of H-pyrrole nitrogens is 1. The number of carboxylic acid groups (broad SMARTS) is 1. The van der Waals surface area contributed by atoms with Gasteiger partial charge in [-0.05, 0) is 17.5 Å². The molecule has 4 amide bonds. The minimum absolute atomic E-state index is 0.0396. The van der Waals surface area contributed by atoms with E-state index in [1.807, 2.05) is 12.1 Å². The zero-order valence-corrected chi connectivity index (χ0v) is 17.5. The SMILES string of the molecule is CC(C)[C@H](NC(=O)O)C(=O)NCC(=O)N1c2ccccc2C[C@H]1C(=O)NCc1nn[nH]n1. The van der Waals surface area contributed by atoms with E-state index in [9.17, 15) is 19.2 Å². The molecule has 0 radical (unpaired) electrons. The Morgan fingerprint density at radius 2 is 1.97 bits per heavy atom. The molecule has 0 fully saturated rings. The summed E-state index contributed by atoms with van der Waals surface area (Å²) >= 11 is 0. The zero-order chi connectivity index (χ0) is 23.3. The van der Waals surface area contributed by atoms with Crippen LogP contribution in [0, 0.1) is 5.92 Å². The predicted octanol–water partition coefficient (Wildman–Crippen LogP) is -0.818. The van der Waals surface area contributed by atoms with Crippen molar-refractivity contribution in [3.8, 4) is 0 Å². The molecule has 5 N–H and O–H groups in total. The van der Waals surface area contributed by atoms with Crippen molar-refractivity contribution in [2.75, 3.05) is 11.4 Å². The van der Waals surface area contributed by atoms with Crippen molar-refractivity contribution in [2.24, 2.45) is 5.92 Å². The summed E-state index contributed by atoms with van der Waals surface area (Å²) in [6.07, 6.45) is -1.03. The standard InChI is InChI=1S/C19H24N8O5/c1-10(2)16(22-19(31)32)18(30)21-9-15(28)27-12-6-4-3-5-11(12)7-13(27)17(29)20-8-14-23-25-26-24-14/h3-6,10,13,16,22H,7-9H2,1-2H3,(H,20,29)(H,21,30)(H,31,32)(H,23,24,25,26)/t13-,16-/m0/s1. The second-order valence-corrected chi connectivity index (χ2v) is 7.55. The molecule has 3 rings (SSSR count). The lowest BCUT2D eigenvalue weighted by molar-refractivity contribution is -0.128. The Bertz CT molecular complexity index is 993. The molecule has 0 unspecified atom stereocenters. The molecule has 1 aromatic carbocycles. The molecule has 170 valence electrons. The Morgan fingerprint density at radius 3 is 2.62 bits per heavy atom. The fourth-order valence-corrected chi connectivity index (χ4v) is 3.47. The lowest BCUT2D eigenvalue weighted by Crippen LogP contribution is -2.54. The summed E-state index contributed by atoms with van der Waals surface area (Å²) < 4.78 is 0. The number of carbonyl (C=O) groups is 4. The van der Waals surface area contributed by atoms with Gasteiger partial charge in [0.25, 0.3) is 0 Å². The number of amides is 4. The summed E-state index contributed by atoms with van der Waals surface area (Å²) in [6.45, 7) is 3.01. The fourth-order valence-electron chi connectivity index (χ4n) is 3.47. The second-order valence-electron chi connectivity index (χ2n) is 7.55. The van der Waals surface area contributed by atoms with Gasteiger partial charge in [-0.15, -0.1) is 10.2 Å². The predicted molar refractivity (Wildman–Crippen MR) is 110 cm³/mol. The number of hydrogen-bond donors (Lipinski definition) is 5. The molecular weight excluding hydrogens is 420 g/mol. The third-order valence-corrected chi connectivity index (χ3v) is 5.00. The molecule has 13 nitrogen and oxygen atoms in total. The highest BCUT2D eigenvalue weighted by Crippen LogP contribution is 2.32. The summed E-state index contributed by atoms with van der Waals surface area (Å²) in [5, 5.41) is 29.5. The topological polar surface area (TPSA) is 182 Å². The molecule has 2 atom stereocenters. The van der Waals surface area contributed by atoms with Gasteiger partial charge in [-0.1, -0.05) is 37.3 Å². The number of benzene rings is 1. The summed E-state index contributed by atoms with van der Waals surface area (Å²) in [5.41, 5.74) is 1.40. The van der Waals surface area contributed by atoms with Crippen LogP contribution in [-0.4, -0.2) is 68.2 Å². The van der Waals surface area contributed by atoms with Gasteiger partial charge >= 0.3 is 6.09 Å². The van der Waals surface area contributed by atoms with Crippen LogP contribution in [0.15, 0.2) is 24.3 Å². The van der Waals surface area contributed by atoms with E-state index in [1.54, 1.807) is 26.0 Å². The van der Waals surface area contributed by atoms with E-state index in [-0.39, 0.29) is 12.5 Å². The lowest BCUT2D eigenvalue weighted by atomic mass is 10.0. The molecule has 13 heteroatoms. The number of nitrogens with zero attached hydrogens (tertiary/aromatic N) is 4. The van der Waals surface area contributed by atoms with E-state index < -0.39 is 42.4 Å². The van der Waals surface area contributed by atoms with E-state index in [0.29, 0.717) is 17.9 Å². The molecule has 2 aromatic rings. The smallest absolute Gasteiger partial charge is 0.405 e. The van der Waals surface area contributed by atoms with Crippen LogP contribution in [-0.2, 0) is 27.3 Å². The summed E-state index contributed by atoms with van der Waals surface area (Å²) in [5.74, 6) is -1.55. The van der Waals surface area contributed by atoms with Crippen LogP contribution in [0.2, 0.25) is 0 Å².